The molecule has 1 aromatic carbocycles. The molecule has 1 atom stereocenters. The molecule has 1 aliphatic rings. The van der Waals surface area contributed by atoms with Crippen molar-refractivity contribution in [1.29, 1.82) is 0 Å². The summed E-state index contributed by atoms with van der Waals surface area (Å²) in [7, 11) is 0. The summed E-state index contributed by atoms with van der Waals surface area (Å²) < 4.78 is 13.9. The van der Waals surface area contributed by atoms with Crippen molar-refractivity contribution in [3.63, 3.8) is 0 Å². The molecule has 0 saturated heterocycles. The van der Waals surface area contributed by atoms with E-state index >= 15 is 0 Å². The Morgan fingerprint density at radius 1 is 1.29 bits per heavy atom. The third-order valence-electron chi connectivity index (χ3n) is 4.62. The maximum absolute atomic E-state index is 13.9. The fourth-order valence-electron chi connectivity index (χ4n) is 3.20. The van der Waals surface area contributed by atoms with Crippen LogP contribution < -0.4 is 10.6 Å². The van der Waals surface area contributed by atoms with Gasteiger partial charge in [0, 0.05) is 19.2 Å². The Morgan fingerprint density at radius 2 is 1.96 bits per heavy atom. The largest absolute Gasteiger partial charge is 0.388 e. The van der Waals surface area contributed by atoms with Gasteiger partial charge < -0.3 is 15.7 Å². The number of amides is 2. The minimum Gasteiger partial charge on any atom is -0.388 e. The normalized spacial score (nSPS) is 17.8. The molecule has 1 fully saturated rings. The van der Waals surface area contributed by atoms with Gasteiger partial charge in [0.05, 0.1) is 11.2 Å². The van der Waals surface area contributed by atoms with Crippen molar-refractivity contribution in [2.75, 3.05) is 11.9 Å². The maximum Gasteiger partial charge on any atom is 0.254 e. The van der Waals surface area contributed by atoms with Crippen molar-refractivity contribution in [3.8, 4) is 0 Å². The van der Waals surface area contributed by atoms with E-state index in [0.717, 1.165) is 31.7 Å². The predicted octanol–water partition coefficient (Wildman–Crippen LogP) is 2.85. The Morgan fingerprint density at radius 3 is 2.58 bits per heavy atom. The third kappa shape index (κ3) is 4.77. The lowest BCUT2D eigenvalue weighted by molar-refractivity contribution is -0.114. The van der Waals surface area contributed by atoms with Gasteiger partial charge in [-0.2, -0.15) is 0 Å². The minimum atomic E-state index is -1.01. The average Bonchev–Trinajstić information content (AvgIpc) is 2.55. The van der Waals surface area contributed by atoms with Gasteiger partial charge in [0.1, 0.15) is 5.82 Å². The van der Waals surface area contributed by atoms with E-state index in [4.69, 9.17) is 0 Å². The summed E-state index contributed by atoms with van der Waals surface area (Å²) >= 11 is 0. The van der Waals surface area contributed by atoms with Gasteiger partial charge in [-0.1, -0.05) is 19.3 Å². The number of carbonyl (C=O) groups excluding carboxylic acids is 2. The van der Waals surface area contributed by atoms with E-state index in [0.29, 0.717) is 5.69 Å². The standard InChI is InChI=1S/C18H25FN2O3/c1-12(22)21-14-8-9-16(19)15(10-14)17(23)20-11-18(2,24)13-6-4-3-5-7-13/h8-10,13,24H,3-7,11H2,1-2H3,(H,20,23)(H,21,22)/t18-/m1/s1. The molecule has 0 heterocycles. The van der Waals surface area contributed by atoms with Gasteiger partial charge in [-0.05, 0) is 43.9 Å². The highest BCUT2D eigenvalue weighted by atomic mass is 19.1. The maximum atomic E-state index is 13.9. The fraction of sp³-hybridized carbons (Fsp3) is 0.556. The lowest BCUT2D eigenvalue weighted by atomic mass is 9.78. The number of benzene rings is 1. The molecule has 0 aliphatic heterocycles. The van der Waals surface area contributed by atoms with Crippen LogP contribution in [0.2, 0.25) is 0 Å². The Balaban J connectivity index is 2.02. The molecule has 0 radical (unpaired) electrons. The van der Waals surface area contributed by atoms with Crippen LogP contribution in [0.4, 0.5) is 10.1 Å². The predicted molar refractivity (Wildman–Crippen MR) is 90.2 cm³/mol. The van der Waals surface area contributed by atoms with Crippen molar-refractivity contribution in [1.82, 2.24) is 5.32 Å². The van der Waals surface area contributed by atoms with E-state index < -0.39 is 17.3 Å². The number of halogens is 1. The summed E-state index contributed by atoms with van der Waals surface area (Å²) in [5.74, 6) is -1.43. The number of carbonyl (C=O) groups is 2. The highest BCUT2D eigenvalue weighted by Gasteiger charge is 2.33. The van der Waals surface area contributed by atoms with Gasteiger partial charge in [0.2, 0.25) is 5.91 Å². The number of aliphatic hydroxyl groups is 1. The molecule has 3 N–H and O–H groups in total. The second-order valence-electron chi connectivity index (χ2n) is 6.75. The molecular weight excluding hydrogens is 311 g/mol. The average molecular weight is 336 g/mol. The van der Waals surface area contributed by atoms with E-state index in [2.05, 4.69) is 10.6 Å². The second-order valence-corrected chi connectivity index (χ2v) is 6.75. The molecule has 0 unspecified atom stereocenters. The van der Waals surface area contributed by atoms with Crippen molar-refractivity contribution in [2.45, 2.75) is 51.6 Å². The lowest BCUT2D eigenvalue weighted by Crippen LogP contribution is -2.46. The Hall–Kier alpha value is -1.95. The molecule has 1 aromatic rings. The highest BCUT2D eigenvalue weighted by molar-refractivity contribution is 5.97. The van der Waals surface area contributed by atoms with Gasteiger partial charge in [-0.3, -0.25) is 9.59 Å². The minimum absolute atomic E-state index is 0.0697. The zero-order chi connectivity index (χ0) is 17.7. The number of rotatable bonds is 5. The molecule has 0 bridgehead atoms. The molecule has 132 valence electrons. The first-order chi connectivity index (χ1) is 11.3. The van der Waals surface area contributed by atoms with Crippen LogP contribution >= 0.6 is 0 Å². The van der Waals surface area contributed by atoms with Gasteiger partial charge in [0.25, 0.3) is 5.91 Å². The molecule has 24 heavy (non-hydrogen) atoms. The summed E-state index contributed by atoms with van der Waals surface area (Å²) in [6, 6.07) is 3.83. The fourth-order valence-corrected chi connectivity index (χ4v) is 3.20. The Bertz CT molecular complexity index is 610. The van der Waals surface area contributed by atoms with Gasteiger partial charge >= 0.3 is 0 Å². The first-order valence-electron chi connectivity index (χ1n) is 8.37. The molecule has 5 nitrogen and oxygen atoms in total. The van der Waals surface area contributed by atoms with Crippen molar-refractivity contribution < 1.29 is 19.1 Å². The lowest BCUT2D eigenvalue weighted by Gasteiger charge is -2.35. The molecule has 6 heteroatoms. The van der Waals surface area contributed by atoms with Crippen LogP contribution in [0.3, 0.4) is 0 Å². The summed E-state index contributed by atoms with van der Waals surface area (Å²) in [6.07, 6.45) is 5.23. The quantitative estimate of drug-likeness (QED) is 0.774. The van der Waals surface area contributed by atoms with E-state index in [1.54, 1.807) is 6.92 Å². The molecule has 1 saturated carbocycles. The number of anilines is 1. The molecule has 0 aromatic heterocycles. The van der Waals surface area contributed by atoms with E-state index in [-0.39, 0.29) is 23.9 Å². The van der Waals surface area contributed by atoms with Crippen LogP contribution in [0.25, 0.3) is 0 Å². The van der Waals surface area contributed by atoms with Crippen molar-refractivity contribution in [3.05, 3.63) is 29.6 Å². The van der Waals surface area contributed by atoms with Crippen LogP contribution in [0.1, 0.15) is 56.3 Å². The van der Waals surface area contributed by atoms with Crippen LogP contribution in [0, 0.1) is 11.7 Å². The summed E-state index contributed by atoms with van der Waals surface area (Å²) in [4.78, 5) is 23.3. The number of nitrogens with one attached hydrogen (secondary N) is 2. The summed E-state index contributed by atoms with van der Waals surface area (Å²) in [5.41, 5.74) is -0.810. The van der Waals surface area contributed by atoms with E-state index in [1.807, 2.05) is 0 Å². The van der Waals surface area contributed by atoms with Crippen LogP contribution in [-0.2, 0) is 4.79 Å². The zero-order valence-corrected chi connectivity index (χ0v) is 14.2. The monoisotopic (exact) mass is 336 g/mol. The van der Waals surface area contributed by atoms with Crippen LogP contribution in [0.5, 0.6) is 0 Å². The molecule has 2 amide bonds. The molecule has 2 rings (SSSR count). The van der Waals surface area contributed by atoms with Crippen molar-refractivity contribution in [2.24, 2.45) is 5.92 Å². The van der Waals surface area contributed by atoms with Crippen LogP contribution in [-0.4, -0.2) is 29.1 Å². The summed E-state index contributed by atoms with van der Waals surface area (Å²) in [6.45, 7) is 3.12. The smallest absolute Gasteiger partial charge is 0.254 e. The van der Waals surface area contributed by atoms with Crippen LogP contribution in [0.15, 0.2) is 18.2 Å². The first-order valence-corrected chi connectivity index (χ1v) is 8.37. The molecule has 1 aliphatic carbocycles. The van der Waals surface area contributed by atoms with Gasteiger partial charge in [-0.25, -0.2) is 4.39 Å². The second kappa shape index (κ2) is 7.75. The molecular formula is C18H25FN2O3. The summed E-state index contributed by atoms with van der Waals surface area (Å²) in [5, 5.41) is 15.7. The highest BCUT2D eigenvalue weighted by Crippen LogP contribution is 2.32. The third-order valence-corrected chi connectivity index (χ3v) is 4.62. The SMILES string of the molecule is CC(=O)Nc1ccc(F)c(C(=O)NC[C@@](C)(O)C2CCCCC2)c1. The number of hydrogen-bond donors (Lipinski definition) is 3. The van der Waals surface area contributed by atoms with E-state index in [1.165, 1.54) is 25.5 Å². The van der Waals surface area contributed by atoms with Gasteiger partial charge in [0.15, 0.2) is 0 Å². The van der Waals surface area contributed by atoms with E-state index in [9.17, 15) is 19.1 Å². The van der Waals surface area contributed by atoms with Gasteiger partial charge in [-0.15, -0.1) is 0 Å². The topological polar surface area (TPSA) is 78.4 Å². The first kappa shape index (κ1) is 18.4. The Labute approximate surface area is 141 Å². The van der Waals surface area contributed by atoms with Crippen molar-refractivity contribution >= 4 is 17.5 Å². The zero-order valence-electron chi connectivity index (χ0n) is 14.2. The molecule has 0 spiro atoms. The number of hydrogen-bond acceptors (Lipinski definition) is 3. The Kier molecular flexibility index (Phi) is 5.94.